The number of rotatable bonds is 8. The lowest BCUT2D eigenvalue weighted by molar-refractivity contribution is -0.870. The van der Waals surface area contributed by atoms with Crippen molar-refractivity contribution in [2.45, 2.75) is 26.7 Å². The highest BCUT2D eigenvalue weighted by Gasteiger charge is 2.09. The van der Waals surface area contributed by atoms with Crippen molar-refractivity contribution >= 4 is 11.9 Å². The van der Waals surface area contributed by atoms with E-state index >= 15 is 0 Å². The summed E-state index contributed by atoms with van der Waals surface area (Å²) in [6.07, 6.45) is 3.15. The number of hydrogen-bond donors (Lipinski definition) is 0. The molecule has 0 saturated heterocycles. The zero-order chi connectivity index (χ0) is 16.9. The van der Waals surface area contributed by atoms with Crippen LogP contribution in [0.2, 0.25) is 0 Å². The second kappa shape index (κ2) is 14.8. The van der Waals surface area contributed by atoms with Crippen LogP contribution in [0.1, 0.15) is 26.7 Å². The molecule has 0 amide bonds. The molecular weight excluding hydrogens is 350 g/mol. The molecule has 0 saturated carbocycles. The van der Waals surface area contributed by atoms with Crippen molar-refractivity contribution in [3.63, 3.8) is 0 Å². The highest BCUT2D eigenvalue weighted by molar-refractivity contribution is 5.86. The van der Waals surface area contributed by atoms with Gasteiger partial charge in [0.25, 0.3) is 0 Å². The Morgan fingerprint density at radius 3 is 2.05 bits per heavy atom. The molecular formula is C16H30BrNO4. The predicted octanol–water partition coefficient (Wildman–Crippen LogP) is -0.668. The van der Waals surface area contributed by atoms with Crippen molar-refractivity contribution < 1.29 is 40.5 Å². The second-order valence-corrected chi connectivity index (χ2v) is 5.66. The smallest absolute Gasteiger partial charge is 0.333 e. The number of quaternary nitrogens is 1. The molecule has 0 radical (unpaired) electrons. The van der Waals surface area contributed by atoms with Gasteiger partial charge in [0.15, 0.2) is 0 Å². The van der Waals surface area contributed by atoms with E-state index in [0.717, 1.165) is 23.9 Å². The lowest BCUT2D eigenvalue weighted by Crippen LogP contribution is -3.00. The highest BCUT2D eigenvalue weighted by Crippen LogP contribution is 1.94. The number of unbranched alkanes of at least 4 members (excludes halogenated alkanes) is 1. The summed E-state index contributed by atoms with van der Waals surface area (Å²) in [6, 6.07) is 0. The molecule has 0 spiro atoms. The van der Waals surface area contributed by atoms with Gasteiger partial charge in [0, 0.05) is 11.6 Å². The predicted molar refractivity (Wildman–Crippen MR) is 84.7 cm³/mol. The number of carbonyl (C=O) groups is 2. The number of esters is 2. The van der Waals surface area contributed by atoms with Gasteiger partial charge in [0.1, 0.15) is 13.2 Å². The van der Waals surface area contributed by atoms with Crippen molar-refractivity contribution in [3.8, 4) is 0 Å². The van der Waals surface area contributed by atoms with E-state index in [2.05, 4.69) is 39.0 Å². The number of nitrogens with zero attached hydrogens (tertiary/aromatic N) is 1. The lowest BCUT2D eigenvalue weighted by atomic mass is 10.4. The maximum absolute atomic E-state index is 10.9. The quantitative estimate of drug-likeness (QED) is 0.243. The third kappa shape index (κ3) is 21.2. The van der Waals surface area contributed by atoms with Gasteiger partial charge in [0.2, 0.25) is 0 Å². The molecule has 130 valence electrons. The van der Waals surface area contributed by atoms with Gasteiger partial charge in [-0.05, 0) is 13.3 Å². The summed E-state index contributed by atoms with van der Waals surface area (Å²) in [5.74, 6) is -0.632. The monoisotopic (exact) mass is 379 g/mol. The summed E-state index contributed by atoms with van der Waals surface area (Å²) in [4.78, 5) is 21.2. The zero-order valence-corrected chi connectivity index (χ0v) is 16.1. The van der Waals surface area contributed by atoms with Gasteiger partial charge in [-0.2, -0.15) is 0 Å². The van der Waals surface area contributed by atoms with Gasteiger partial charge < -0.3 is 30.9 Å². The molecule has 0 aliphatic carbocycles. The number of hydrogen-bond acceptors (Lipinski definition) is 4. The largest absolute Gasteiger partial charge is 1.00 e. The molecule has 0 N–H and O–H groups in total. The van der Waals surface area contributed by atoms with Crippen LogP contribution in [0.5, 0.6) is 0 Å². The fourth-order valence-corrected chi connectivity index (χ4v) is 0.911. The van der Waals surface area contributed by atoms with E-state index in [-0.39, 0.29) is 28.9 Å². The van der Waals surface area contributed by atoms with Gasteiger partial charge in [-0.3, -0.25) is 0 Å². The molecule has 0 aromatic rings. The molecule has 0 aliphatic heterocycles. The van der Waals surface area contributed by atoms with Crippen LogP contribution in [-0.2, 0) is 19.1 Å². The van der Waals surface area contributed by atoms with Crippen molar-refractivity contribution in [2.75, 3.05) is 40.9 Å². The van der Waals surface area contributed by atoms with E-state index in [9.17, 15) is 9.59 Å². The fraction of sp³-hybridized carbons (Fsp3) is 0.625. The molecule has 0 aromatic carbocycles. The molecule has 0 aromatic heterocycles. The van der Waals surface area contributed by atoms with Crippen molar-refractivity contribution in [3.05, 3.63) is 24.8 Å². The summed E-state index contributed by atoms with van der Waals surface area (Å²) in [6.45, 7) is 12.2. The van der Waals surface area contributed by atoms with Crippen molar-refractivity contribution in [1.29, 1.82) is 0 Å². The fourth-order valence-electron chi connectivity index (χ4n) is 0.911. The number of halogens is 1. The Kier molecular flexibility index (Phi) is 17.3. The van der Waals surface area contributed by atoms with E-state index < -0.39 is 0 Å². The van der Waals surface area contributed by atoms with E-state index in [1.807, 2.05) is 6.92 Å². The van der Waals surface area contributed by atoms with E-state index in [4.69, 9.17) is 4.74 Å². The number of carbonyl (C=O) groups excluding carboxylic acids is 2. The van der Waals surface area contributed by atoms with Crippen LogP contribution in [-0.4, -0.2) is 57.3 Å². The zero-order valence-electron chi connectivity index (χ0n) is 14.5. The van der Waals surface area contributed by atoms with Crippen LogP contribution in [0.3, 0.4) is 0 Å². The third-order valence-electron chi connectivity index (χ3n) is 2.25. The molecule has 0 aliphatic rings. The molecule has 0 atom stereocenters. The van der Waals surface area contributed by atoms with Crippen LogP contribution in [0, 0.1) is 0 Å². The summed E-state index contributed by atoms with van der Waals surface area (Å²) >= 11 is 0. The standard InChI is InChI=1S/C9H18NO2.C7H12O2.BrH/c1-8(2)9(11)12-7-6-10(3,4)5;1-3-5-6-9-7(8)4-2;/h1,6-7H2,2-5H3;4H,2-3,5-6H2,1H3;1H/q+1;;/p-1. The minimum Gasteiger partial charge on any atom is -1.00 e. The van der Waals surface area contributed by atoms with Crippen molar-refractivity contribution in [1.82, 2.24) is 0 Å². The second-order valence-electron chi connectivity index (χ2n) is 5.66. The molecule has 22 heavy (non-hydrogen) atoms. The molecule has 0 unspecified atom stereocenters. The van der Waals surface area contributed by atoms with Crippen LogP contribution in [0.4, 0.5) is 0 Å². The molecule has 0 bridgehead atoms. The minimum absolute atomic E-state index is 0. The topological polar surface area (TPSA) is 52.6 Å². The van der Waals surface area contributed by atoms with Gasteiger partial charge >= 0.3 is 11.9 Å². The third-order valence-corrected chi connectivity index (χ3v) is 2.25. The Bertz CT molecular complexity index is 349. The van der Waals surface area contributed by atoms with E-state index in [0.29, 0.717) is 18.8 Å². The average Bonchev–Trinajstić information content (AvgIpc) is 2.37. The highest BCUT2D eigenvalue weighted by atomic mass is 79.9. The summed E-state index contributed by atoms with van der Waals surface area (Å²) in [5, 5.41) is 0. The first kappa shape index (κ1) is 25.8. The first-order chi connectivity index (χ1) is 9.64. The summed E-state index contributed by atoms with van der Waals surface area (Å²) in [5.41, 5.74) is 0.455. The van der Waals surface area contributed by atoms with Gasteiger partial charge in [-0.25, -0.2) is 9.59 Å². The Hall–Kier alpha value is -1.14. The first-order valence-electron chi connectivity index (χ1n) is 7.06. The molecule has 6 heteroatoms. The van der Waals surface area contributed by atoms with E-state index in [1.165, 1.54) is 6.08 Å². The SMILES string of the molecule is C=C(C)C(=O)OCC[N+](C)(C)C.C=CC(=O)OCCCC.[Br-]. The normalized spacial score (nSPS) is 9.50. The average molecular weight is 380 g/mol. The minimum atomic E-state index is -0.330. The maximum Gasteiger partial charge on any atom is 0.333 e. The van der Waals surface area contributed by atoms with Crippen LogP contribution in [0.25, 0.3) is 0 Å². The van der Waals surface area contributed by atoms with Crippen LogP contribution >= 0.6 is 0 Å². The molecule has 5 nitrogen and oxygen atoms in total. The summed E-state index contributed by atoms with van der Waals surface area (Å²) in [7, 11) is 6.15. The Morgan fingerprint density at radius 1 is 1.14 bits per heavy atom. The van der Waals surface area contributed by atoms with Crippen LogP contribution < -0.4 is 17.0 Å². The molecule has 0 heterocycles. The number of ether oxygens (including phenoxy) is 2. The lowest BCUT2D eigenvalue weighted by Gasteiger charge is -2.23. The summed E-state index contributed by atoms with van der Waals surface area (Å²) < 4.78 is 10.4. The Balaban J connectivity index is -0.000000326. The molecule has 0 rings (SSSR count). The van der Waals surface area contributed by atoms with E-state index in [1.54, 1.807) is 6.92 Å². The Labute approximate surface area is 145 Å². The van der Waals surface area contributed by atoms with Gasteiger partial charge in [-0.15, -0.1) is 0 Å². The first-order valence-corrected chi connectivity index (χ1v) is 7.06. The van der Waals surface area contributed by atoms with Gasteiger partial charge in [-0.1, -0.05) is 26.5 Å². The van der Waals surface area contributed by atoms with Crippen molar-refractivity contribution in [2.24, 2.45) is 0 Å². The number of likely N-dealkylation sites (N-methyl/N-ethyl adjacent to an activating group) is 1. The van der Waals surface area contributed by atoms with Gasteiger partial charge in [0.05, 0.1) is 27.7 Å². The van der Waals surface area contributed by atoms with Crippen LogP contribution in [0.15, 0.2) is 24.8 Å². The maximum atomic E-state index is 10.9. The molecule has 0 fully saturated rings. The Morgan fingerprint density at radius 2 is 1.68 bits per heavy atom.